The highest BCUT2D eigenvalue weighted by molar-refractivity contribution is 7.98. The van der Waals surface area contributed by atoms with E-state index in [1.165, 1.54) is 17.8 Å². The van der Waals surface area contributed by atoms with Crippen molar-refractivity contribution in [2.24, 2.45) is 0 Å². The number of aromatic carboxylic acids is 1. The van der Waals surface area contributed by atoms with Crippen LogP contribution in [0.1, 0.15) is 16.1 Å². The highest BCUT2D eigenvalue weighted by Crippen LogP contribution is 2.18. The Bertz CT molecular complexity index is 394. The van der Waals surface area contributed by atoms with Gasteiger partial charge in [-0.15, -0.1) is 11.8 Å². The number of hydrogen-bond acceptors (Lipinski definition) is 4. The van der Waals surface area contributed by atoms with Gasteiger partial charge in [0.1, 0.15) is 5.76 Å². The van der Waals surface area contributed by atoms with Crippen LogP contribution in [0.4, 0.5) is 0 Å². The van der Waals surface area contributed by atoms with Gasteiger partial charge in [0.15, 0.2) is 5.56 Å². The molecule has 13 heavy (non-hydrogen) atoms. The first kappa shape index (κ1) is 9.85. The molecule has 0 atom stereocenters. The van der Waals surface area contributed by atoms with E-state index in [4.69, 9.17) is 5.11 Å². The van der Waals surface area contributed by atoms with Gasteiger partial charge in [0, 0.05) is 4.90 Å². The van der Waals surface area contributed by atoms with Crippen molar-refractivity contribution < 1.29 is 14.3 Å². The van der Waals surface area contributed by atoms with Crippen molar-refractivity contribution in [1.29, 1.82) is 0 Å². The van der Waals surface area contributed by atoms with Crippen LogP contribution in [0.15, 0.2) is 20.2 Å². The smallest absolute Gasteiger partial charge is 0.351 e. The summed E-state index contributed by atoms with van der Waals surface area (Å²) in [6.45, 7) is 1.60. The summed E-state index contributed by atoms with van der Waals surface area (Å²) in [4.78, 5) is 22.2. The maximum Gasteiger partial charge on any atom is 0.351 e. The standard InChI is InChI=1S/C8H8O4S/c1-4-3-5(13-2)6(7(9)10)8(11)12-4/h3H,1-2H3,(H,9,10). The zero-order chi connectivity index (χ0) is 10.0. The molecule has 1 heterocycles. The molecule has 0 saturated heterocycles. The third-order valence-corrected chi connectivity index (χ3v) is 2.23. The van der Waals surface area contributed by atoms with E-state index in [0.29, 0.717) is 10.7 Å². The van der Waals surface area contributed by atoms with Crippen molar-refractivity contribution in [2.75, 3.05) is 6.26 Å². The molecule has 0 radical (unpaired) electrons. The monoisotopic (exact) mass is 200 g/mol. The van der Waals surface area contributed by atoms with Crippen LogP contribution in [0.5, 0.6) is 0 Å². The minimum absolute atomic E-state index is 0.293. The zero-order valence-electron chi connectivity index (χ0n) is 7.16. The Balaban J connectivity index is 3.48. The third kappa shape index (κ3) is 1.92. The Kier molecular flexibility index (Phi) is 2.77. The summed E-state index contributed by atoms with van der Waals surface area (Å²) in [6, 6.07) is 1.54. The largest absolute Gasteiger partial charge is 0.477 e. The number of carboxylic acid groups (broad SMARTS) is 1. The Morgan fingerprint density at radius 1 is 1.62 bits per heavy atom. The van der Waals surface area contributed by atoms with E-state index >= 15 is 0 Å². The maximum absolute atomic E-state index is 11.1. The predicted octanol–water partition coefficient (Wildman–Crippen LogP) is 1.37. The van der Waals surface area contributed by atoms with E-state index in [1.807, 2.05) is 0 Å². The third-order valence-electron chi connectivity index (χ3n) is 1.47. The van der Waals surface area contributed by atoms with Gasteiger partial charge in [-0.05, 0) is 19.2 Å². The second-order valence-corrected chi connectivity index (χ2v) is 3.24. The lowest BCUT2D eigenvalue weighted by atomic mass is 10.3. The van der Waals surface area contributed by atoms with E-state index in [9.17, 15) is 9.59 Å². The first-order valence-corrected chi connectivity index (χ1v) is 4.70. The van der Waals surface area contributed by atoms with Gasteiger partial charge in [-0.3, -0.25) is 0 Å². The minimum Gasteiger partial charge on any atom is -0.477 e. The number of hydrogen-bond donors (Lipinski definition) is 1. The lowest BCUT2D eigenvalue weighted by Gasteiger charge is -2.01. The van der Waals surface area contributed by atoms with E-state index in [-0.39, 0.29) is 5.56 Å². The van der Waals surface area contributed by atoms with Crippen molar-refractivity contribution in [3.8, 4) is 0 Å². The summed E-state index contributed by atoms with van der Waals surface area (Å²) in [7, 11) is 0. The van der Waals surface area contributed by atoms with Crippen LogP contribution in [0.2, 0.25) is 0 Å². The topological polar surface area (TPSA) is 67.5 Å². The van der Waals surface area contributed by atoms with Crippen molar-refractivity contribution in [1.82, 2.24) is 0 Å². The van der Waals surface area contributed by atoms with Crippen molar-refractivity contribution >= 4 is 17.7 Å². The van der Waals surface area contributed by atoms with Crippen molar-refractivity contribution in [3.05, 3.63) is 27.8 Å². The summed E-state index contributed by atoms with van der Waals surface area (Å²) in [5, 5.41) is 8.70. The van der Waals surface area contributed by atoms with Gasteiger partial charge in [-0.25, -0.2) is 9.59 Å². The number of carbonyl (C=O) groups is 1. The fourth-order valence-electron chi connectivity index (χ4n) is 0.938. The molecule has 1 rings (SSSR count). The molecule has 0 amide bonds. The Morgan fingerprint density at radius 3 is 2.69 bits per heavy atom. The lowest BCUT2D eigenvalue weighted by molar-refractivity contribution is 0.0687. The highest BCUT2D eigenvalue weighted by Gasteiger charge is 2.16. The van der Waals surface area contributed by atoms with Crippen molar-refractivity contribution in [2.45, 2.75) is 11.8 Å². The first-order chi connectivity index (χ1) is 6.06. The molecular formula is C8H8O4S. The fraction of sp³-hybridized carbons (Fsp3) is 0.250. The molecule has 0 saturated carbocycles. The minimum atomic E-state index is -1.25. The van der Waals surface area contributed by atoms with E-state index in [0.717, 1.165) is 0 Å². The van der Waals surface area contributed by atoms with Gasteiger partial charge in [-0.2, -0.15) is 0 Å². The van der Waals surface area contributed by atoms with Crippen LogP contribution in [-0.4, -0.2) is 17.3 Å². The van der Waals surface area contributed by atoms with Crippen LogP contribution < -0.4 is 5.63 Å². The Hall–Kier alpha value is -1.23. The molecule has 0 aliphatic carbocycles. The fourth-order valence-corrected chi connectivity index (χ4v) is 1.60. The number of carboxylic acids is 1. The van der Waals surface area contributed by atoms with Gasteiger partial charge in [0.25, 0.3) is 0 Å². The summed E-state index contributed by atoms with van der Waals surface area (Å²) < 4.78 is 4.66. The van der Waals surface area contributed by atoms with E-state index in [2.05, 4.69) is 4.42 Å². The van der Waals surface area contributed by atoms with E-state index in [1.54, 1.807) is 13.2 Å². The molecule has 0 fully saturated rings. The predicted molar refractivity (Wildman–Crippen MR) is 48.5 cm³/mol. The number of aryl methyl sites for hydroxylation is 1. The molecular weight excluding hydrogens is 192 g/mol. The van der Waals surface area contributed by atoms with E-state index < -0.39 is 11.6 Å². The van der Waals surface area contributed by atoms with Crippen LogP contribution in [0.25, 0.3) is 0 Å². The first-order valence-electron chi connectivity index (χ1n) is 3.48. The van der Waals surface area contributed by atoms with Gasteiger partial charge in [0.05, 0.1) is 0 Å². The molecule has 0 spiro atoms. The SMILES string of the molecule is CSc1cc(C)oc(=O)c1C(=O)O. The van der Waals surface area contributed by atoms with Crippen LogP contribution >= 0.6 is 11.8 Å². The molecule has 0 aliphatic heterocycles. The molecule has 1 aromatic rings. The van der Waals surface area contributed by atoms with Crippen LogP contribution in [0.3, 0.4) is 0 Å². The average Bonchev–Trinajstić information content (AvgIpc) is 2.01. The summed E-state index contributed by atoms with van der Waals surface area (Å²) in [5.74, 6) is -0.836. The van der Waals surface area contributed by atoms with Gasteiger partial charge >= 0.3 is 11.6 Å². The van der Waals surface area contributed by atoms with Crippen LogP contribution in [0, 0.1) is 6.92 Å². The normalized spacial score (nSPS) is 10.0. The molecule has 0 unspecified atom stereocenters. The molecule has 1 N–H and O–H groups in total. The summed E-state index contributed by atoms with van der Waals surface area (Å²) in [6.07, 6.45) is 1.71. The second kappa shape index (κ2) is 3.66. The Labute approximate surface area is 78.6 Å². The molecule has 1 aromatic heterocycles. The number of thioether (sulfide) groups is 1. The lowest BCUT2D eigenvalue weighted by Crippen LogP contribution is -2.15. The molecule has 70 valence electrons. The van der Waals surface area contributed by atoms with Gasteiger partial charge in [-0.1, -0.05) is 0 Å². The molecule has 0 aromatic carbocycles. The molecule has 0 aliphatic rings. The highest BCUT2D eigenvalue weighted by atomic mass is 32.2. The average molecular weight is 200 g/mol. The summed E-state index contributed by atoms with van der Waals surface area (Å²) >= 11 is 1.21. The molecule has 5 heteroatoms. The van der Waals surface area contributed by atoms with Crippen molar-refractivity contribution in [3.63, 3.8) is 0 Å². The molecule has 4 nitrogen and oxygen atoms in total. The quantitative estimate of drug-likeness (QED) is 0.730. The second-order valence-electron chi connectivity index (χ2n) is 2.39. The summed E-state index contributed by atoms with van der Waals surface area (Å²) in [5.41, 5.74) is -1.09. The Morgan fingerprint density at radius 2 is 2.23 bits per heavy atom. The zero-order valence-corrected chi connectivity index (χ0v) is 7.97. The van der Waals surface area contributed by atoms with Gasteiger partial charge < -0.3 is 9.52 Å². The molecule has 0 bridgehead atoms. The van der Waals surface area contributed by atoms with Gasteiger partial charge in [0.2, 0.25) is 0 Å². The number of rotatable bonds is 2. The van der Waals surface area contributed by atoms with Crippen LogP contribution in [-0.2, 0) is 0 Å². The maximum atomic E-state index is 11.1.